The largest absolute Gasteiger partial charge is 0.128 e. The summed E-state index contributed by atoms with van der Waals surface area (Å²) < 4.78 is 0. The van der Waals surface area contributed by atoms with Gasteiger partial charge >= 0.3 is 0 Å². The highest BCUT2D eigenvalue weighted by molar-refractivity contribution is 5.67. The van der Waals surface area contributed by atoms with Crippen molar-refractivity contribution in [3.05, 3.63) is 23.8 Å². The van der Waals surface area contributed by atoms with Crippen LogP contribution in [0.4, 0.5) is 11.4 Å². The third kappa shape index (κ3) is 0.963. The van der Waals surface area contributed by atoms with Crippen molar-refractivity contribution >= 4 is 11.4 Å². The first-order valence-corrected chi connectivity index (χ1v) is 4.70. The van der Waals surface area contributed by atoms with Crippen LogP contribution in [0.5, 0.6) is 0 Å². The standard InChI is InChI=1S/C10H10N3/c1-3-7(4-1)8-5-2-6-9-10(8)12-13-11-9/h2,5-7H,1,3-4H2. The molecule has 0 N–H and O–H groups in total. The third-order valence-electron chi connectivity index (χ3n) is 2.89. The van der Waals surface area contributed by atoms with E-state index < -0.39 is 0 Å². The molecule has 1 aromatic rings. The first-order chi connectivity index (χ1) is 6.45. The van der Waals surface area contributed by atoms with Crippen LogP contribution in [0.1, 0.15) is 30.7 Å². The predicted molar refractivity (Wildman–Crippen MR) is 49.3 cm³/mol. The van der Waals surface area contributed by atoms with Crippen molar-refractivity contribution < 1.29 is 0 Å². The summed E-state index contributed by atoms with van der Waals surface area (Å²) >= 11 is 0. The first kappa shape index (κ1) is 7.06. The van der Waals surface area contributed by atoms with Gasteiger partial charge < -0.3 is 0 Å². The van der Waals surface area contributed by atoms with E-state index in [0.717, 1.165) is 11.4 Å². The van der Waals surface area contributed by atoms with Crippen LogP contribution in [0.25, 0.3) is 0 Å². The van der Waals surface area contributed by atoms with Crippen LogP contribution in [-0.2, 0) is 0 Å². The molecule has 1 heterocycles. The lowest BCUT2D eigenvalue weighted by atomic mass is 9.79. The van der Waals surface area contributed by atoms with Gasteiger partial charge in [-0.05, 0) is 35.6 Å². The van der Waals surface area contributed by atoms with Gasteiger partial charge in [-0.2, -0.15) is 0 Å². The lowest BCUT2D eigenvalue weighted by Gasteiger charge is -2.26. The Morgan fingerprint density at radius 1 is 1.23 bits per heavy atom. The van der Waals surface area contributed by atoms with Crippen molar-refractivity contribution in [2.75, 3.05) is 0 Å². The fraction of sp³-hybridized carbons (Fsp3) is 0.400. The molecule has 1 saturated carbocycles. The zero-order chi connectivity index (χ0) is 8.67. The van der Waals surface area contributed by atoms with E-state index in [1.54, 1.807) is 0 Å². The second-order valence-corrected chi connectivity index (χ2v) is 3.63. The Morgan fingerprint density at radius 3 is 2.92 bits per heavy atom. The zero-order valence-electron chi connectivity index (χ0n) is 7.27. The van der Waals surface area contributed by atoms with Crippen LogP contribution < -0.4 is 5.43 Å². The average Bonchev–Trinajstić information content (AvgIpc) is 2.49. The average molecular weight is 172 g/mol. The van der Waals surface area contributed by atoms with Gasteiger partial charge in [-0.25, -0.2) is 0 Å². The maximum Gasteiger partial charge on any atom is 0.119 e. The van der Waals surface area contributed by atoms with Crippen molar-refractivity contribution in [1.82, 2.24) is 5.43 Å². The maximum absolute atomic E-state index is 4.06. The van der Waals surface area contributed by atoms with Gasteiger partial charge in [0.1, 0.15) is 11.4 Å². The summed E-state index contributed by atoms with van der Waals surface area (Å²) in [6, 6.07) is 6.17. The summed E-state index contributed by atoms with van der Waals surface area (Å²) in [4.78, 5) is 0. The molecule has 3 nitrogen and oxygen atoms in total. The molecule has 0 aromatic heterocycles. The normalized spacial score (nSPS) is 19.4. The zero-order valence-corrected chi connectivity index (χ0v) is 7.27. The molecule has 3 heteroatoms. The molecular formula is C10H10N3. The number of nitrogens with zero attached hydrogens (tertiary/aromatic N) is 3. The lowest BCUT2D eigenvalue weighted by molar-refractivity contribution is 0.420. The van der Waals surface area contributed by atoms with Crippen LogP contribution in [-0.4, -0.2) is 0 Å². The van der Waals surface area contributed by atoms with E-state index in [1.807, 2.05) is 12.1 Å². The molecule has 3 rings (SSSR count). The summed E-state index contributed by atoms with van der Waals surface area (Å²) in [5, 5.41) is 7.76. The molecule has 0 spiro atoms. The van der Waals surface area contributed by atoms with Crippen molar-refractivity contribution in [2.45, 2.75) is 25.2 Å². The Morgan fingerprint density at radius 2 is 2.15 bits per heavy atom. The molecule has 2 aliphatic rings. The van der Waals surface area contributed by atoms with E-state index >= 15 is 0 Å². The van der Waals surface area contributed by atoms with E-state index in [-0.39, 0.29) is 0 Å². The van der Waals surface area contributed by atoms with Crippen LogP contribution in [0.2, 0.25) is 0 Å². The minimum Gasteiger partial charge on any atom is -0.128 e. The molecule has 65 valence electrons. The highest BCUT2D eigenvalue weighted by Gasteiger charge is 2.25. The Labute approximate surface area is 76.8 Å². The molecule has 0 atom stereocenters. The topological polar surface area (TPSA) is 38.8 Å². The second-order valence-electron chi connectivity index (χ2n) is 3.63. The molecule has 1 aliphatic carbocycles. The minimum atomic E-state index is 0.710. The highest BCUT2D eigenvalue weighted by atomic mass is 15.5. The molecule has 0 bridgehead atoms. The van der Waals surface area contributed by atoms with Crippen LogP contribution >= 0.6 is 0 Å². The molecule has 1 fully saturated rings. The van der Waals surface area contributed by atoms with Gasteiger partial charge in [0.2, 0.25) is 0 Å². The molecule has 0 saturated heterocycles. The Hall–Kier alpha value is -1.38. The molecule has 1 aromatic carbocycles. The number of fused-ring (bicyclic) bond motifs is 1. The maximum atomic E-state index is 4.06. The monoisotopic (exact) mass is 172 g/mol. The molecule has 1 radical (unpaired) electrons. The second kappa shape index (κ2) is 2.55. The van der Waals surface area contributed by atoms with E-state index in [4.69, 9.17) is 0 Å². The van der Waals surface area contributed by atoms with Crippen molar-refractivity contribution in [1.29, 1.82) is 0 Å². The summed E-state index contributed by atoms with van der Waals surface area (Å²) in [5.41, 5.74) is 7.24. The number of rotatable bonds is 1. The Balaban J connectivity index is 2.08. The van der Waals surface area contributed by atoms with Crippen LogP contribution in [0.15, 0.2) is 28.5 Å². The van der Waals surface area contributed by atoms with Crippen molar-refractivity contribution in [3.8, 4) is 0 Å². The van der Waals surface area contributed by atoms with Crippen LogP contribution in [0, 0.1) is 0 Å². The lowest BCUT2D eigenvalue weighted by Crippen LogP contribution is -2.08. The molecule has 1 aliphatic heterocycles. The van der Waals surface area contributed by atoms with Gasteiger partial charge in [0.15, 0.2) is 0 Å². The number of benzene rings is 1. The number of hydrogen-bond donors (Lipinski definition) is 0. The van der Waals surface area contributed by atoms with Crippen LogP contribution in [0.3, 0.4) is 0 Å². The fourth-order valence-electron chi connectivity index (χ4n) is 1.90. The van der Waals surface area contributed by atoms with Crippen molar-refractivity contribution in [2.24, 2.45) is 10.3 Å². The third-order valence-corrected chi connectivity index (χ3v) is 2.89. The van der Waals surface area contributed by atoms with Gasteiger partial charge in [-0.15, -0.1) is 10.5 Å². The van der Waals surface area contributed by atoms with E-state index in [9.17, 15) is 0 Å². The molecule has 13 heavy (non-hydrogen) atoms. The SMILES string of the molecule is c1cc2c(c(C3CCC3)c1)N=N[N]2. The molecule has 0 unspecified atom stereocenters. The van der Waals surface area contributed by atoms with Gasteiger partial charge in [-0.3, -0.25) is 0 Å². The molecular weight excluding hydrogens is 162 g/mol. The first-order valence-electron chi connectivity index (χ1n) is 4.70. The van der Waals surface area contributed by atoms with Gasteiger partial charge in [0.05, 0.1) is 0 Å². The van der Waals surface area contributed by atoms with Gasteiger partial charge in [-0.1, -0.05) is 18.6 Å². The quantitative estimate of drug-likeness (QED) is 0.624. The molecule has 0 amide bonds. The Bertz CT molecular complexity index is 366. The fourth-order valence-corrected chi connectivity index (χ4v) is 1.90. The predicted octanol–water partition coefficient (Wildman–Crippen LogP) is 3.20. The van der Waals surface area contributed by atoms with Gasteiger partial charge in [0.25, 0.3) is 0 Å². The number of hydrogen-bond acceptors (Lipinski definition) is 2. The van der Waals surface area contributed by atoms with Gasteiger partial charge in [0, 0.05) is 0 Å². The van der Waals surface area contributed by atoms with E-state index in [2.05, 4.69) is 21.8 Å². The summed E-state index contributed by atoms with van der Waals surface area (Å²) in [5.74, 6) is 0.710. The minimum absolute atomic E-state index is 0.710. The highest BCUT2D eigenvalue weighted by Crippen LogP contribution is 2.45. The van der Waals surface area contributed by atoms with E-state index in [0.29, 0.717) is 5.92 Å². The summed E-state index contributed by atoms with van der Waals surface area (Å²) in [7, 11) is 0. The van der Waals surface area contributed by atoms with Crippen molar-refractivity contribution in [3.63, 3.8) is 0 Å². The summed E-state index contributed by atoms with van der Waals surface area (Å²) in [6.45, 7) is 0. The summed E-state index contributed by atoms with van der Waals surface area (Å²) in [6.07, 6.45) is 3.95. The van der Waals surface area contributed by atoms with E-state index in [1.165, 1.54) is 24.8 Å². The Kier molecular flexibility index (Phi) is 1.39. The smallest absolute Gasteiger partial charge is 0.119 e.